The first-order valence-electron chi connectivity index (χ1n) is 8.12. The number of aromatic amines is 1. The molecule has 1 aromatic carbocycles. The van der Waals surface area contributed by atoms with E-state index in [4.69, 9.17) is 4.74 Å². The maximum absolute atomic E-state index is 11.9. The van der Waals surface area contributed by atoms with Crippen molar-refractivity contribution in [2.45, 2.75) is 13.0 Å². The third-order valence-electron chi connectivity index (χ3n) is 4.34. The van der Waals surface area contributed by atoms with E-state index in [1.807, 2.05) is 12.1 Å². The summed E-state index contributed by atoms with van der Waals surface area (Å²) in [5.74, 6) is 0.595. The van der Waals surface area contributed by atoms with Crippen molar-refractivity contribution in [2.75, 3.05) is 40.4 Å². The molecule has 1 aliphatic heterocycles. The molecule has 7 nitrogen and oxygen atoms in total. The van der Waals surface area contributed by atoms with Crippen LogP contribution in [0.5, 0.6) is 0 Å². The van der Waals surface area contributed by atoms with E-state index >= 15 is 0 Å². The highest BCUT2D eigenvalue weighted by molar-refractivity contribution is 5.90. The van der Waals surface area contributed by atoms with Crippen molar-refractivity contribution >= 4 is 5.91 Å². The summed E-state index contributed by atoms with van der Waals surface area (Å²) in [5.41, 5.74) is 2.14. The maximum Gasteiger partial charge on any atom is 0.290 e. The molecule has 1 N–H and O–H groups in total. The molecule has 0 bridgehead atoms. The quantitative estimate of drug-likeness (QED) is 0.921. The Labute approximate surface area is 141 Å². The van der Waals surface area contributed by atoms with Crippen LogP contribution in [0.25, 0.3) is 11.4 Å². The van der Waals surface area contributed by atoms with E-state index in [9.17, 15) is 4.79 Å². The molecule has 2 heterocycles. The van der Waals surface area contributed by atoms with Crippen molar-refractivity contribution in [3.05, 3.63) is 35.7 Å². The van der Waals surface area contributed by atoms with Crippen LogP contribution in [-0.2, 0) is 4.74 Å². The Morgan fingerprint density at radius 2 is 1.92 bits per heavy atom. The van der Waals surface area contributed by atoms with Gasteiger partial charge in [-0.15, -0.1) is 0 Å². The third kappa shape index (κ3) is 3.47. The molecule has 0 saturated carbocycles. The van der Waals surface area contributed by atoms with E-state index in [1.54, 1.807) is 14.1 Å². The molecule has 2 aromatic rings. The van der Waals surface area contributed by atoms with Gasteiger partial charge in [-0.25, -0.2) is 4.98 Å². The average Bonchev–Trinajstić information content (AvgIpc) is 3.11. The summed E-state index contributed by atoms with van der Waals surface area (Å²) in [4.78, 5) is 20.1. The minimum absolute atomic E-state index is 0.189. The first kappa shape index (κ1) is 16.6. The number of nitrogens with zero attached hydrogens (tertiary/aromatic N) is 4. The topological polar surface area (TPSA) is 74.4 Å². The molecule has 1 atom stereocenters. The number of rotatable bonds is 4. The van der Waals surface area contributed by atoms with Crippen LogP contribution >= 0.6 is 0 Å². The molecule has 0 aliphatic carbocycles. The fraction of sp³-hybridized carbons (Fsp3) is 0.471. The van der Waals surface area contributed by atoms with Crippen LogP contribution in [0.2, 0.25) is 0 Å². The van der Waals surface area contributed by atoms with Gasteiger partial charge in [0.05, 0.1) is 13.2 Å². The van der Waals surface area contributed by atoms with Gasteiger partial charge >= 0.3 is 0 Å². The molecular formula is C17H23N5O2. The number of amides is 1. The van der Waals surface area contributed by atoms with Gasteiger partial charge in [0.2, 0.25) is 5.82 Å². The Morgan fingerprint density at radius 1 is 1.25 bits per heavy atom. The summed E-state index contributed by atoms with van der Waals surface area (Å²) in [5, 5.41) is 6.84. The number of aromatic nitrogens is 3. The van der Waals surface area contributed by atoms with Crippen molar-refractivity contribution in [1.29, 1.82) is 0 Å². The first-order chi connectivity index (χ1) is 11.6. The van der Waals surface area contributed by atoms with Crippen LogP contribution in [-0.4, -0.2) is 71.3 Å². The lowest BCUT2D eigenvalue weighted by Crippen LogP contribution is -2.37. The average molecular weight is 329 g/mol. The second kappa shape index (κ2) is 7.11. The summed E-state index contributed by atoms with van der Waals surface area (Å²) < 4.78 is 5.41. The highest BCUT2D eigenvalue weighted by Gasteiger charge is 2.19. The molecule has 24 heavy (non-hydrogen) atoms. The summed E-state index contributed by atoms with van der Waals surface area (Å²) in [6.45, 7) is 5.71. The number of hydrogen-bond donors (Lipinski definition) is 1. The number of carbonyl (C=O) groups is 1. The molecule has 0 spiro atoms. The van der Waals surface area contributed by atoms with Crippen molar-refractivity contribution in [3.63, 3.8) is 0 Å². The number of morpholine rings is 1. The van der Waals surface area contributed by atoms with Gasteiger partial charge in [0.1, 0.15) is 0 Å². The predicted molar refractivity (Wildman–Crippen MR) is 90.6 cm³/mol. The zero-order valence-electron chi connectivity index (χ0n) is 14.3. The summed E-state index contributed by atoms with van der Waals surface area (Å²) in [7, 11) is 3.37. The number of hydrogen-bond acceptors (Lipinski definition) is 5. The zero-order chi connectivity index (χ0) is 17.1. The van der Waals surface area contributed by atoms with E-state index in [1.165, 1.54) is 10.5 Å². The Hall–Kier alpha value is -2.25. The van der Waals surface area contributed by atoms with Crippen molar-refractivity contribution < 1.29 is 9.53 Å². The first-order valence-corrected chi connectivity index (χ1v) is 8.12. The lowest BCUT2D eigenvalue weighted by atomic mass is 10.0. The second-order valence-corrected chi connectivity index (χ2v) is 6.15. The van der Waals surface area contributed by atoms with Crippen LogP contribution in [0, 0.1) is 0 Å². The summed E-state index contributed by atoms with van der Waals surface area (Å²) in [6, 6.07) is 8.54. The minimum atomic E-state index is -0.189. The van der Waals surface area contributed by atoms with Gasteiger partial charge in [0.25, 0.3) is 5.91 Å². The Balaban J connectivity index is 1.73. The van der Waals surface area contributed by atoms with Gasteiger partial charge in [-0.3, -0.25) is 14.8 Å². The summed E-state index contributed by atoms with van der Waals surface area (Å²) in [6.07, 6.45) is 0. The molecule has 7 heteroatoms. The van der Waals surface area contributed by atoms with Crippen LogP contribution in [0.4, 0.5) is 0 Å². The highest BCUT2D eigenvalue weighted by atomic mass is 16.5. The van der Waals surface area contributed by atoms with Crippen LogP contribution in [0.3, 0.4) is 0 Å². The normalized spacial score (nSPS) is 16.8. The van der Waals surface area contributed by atoms with Crippen LogP contribution in [0.1, 0.15) is 29.1 Å². The molecule has 1 amide bonds. The van der Waals surface area contributed by atoms with E-state index < -0.39 is 0 Å². The molecule has 3 rings (SSSR count). The van der Waals surface area contributed by atoms with E-state index in [2.05, 4.69) is 39.1 Å². The lowest BCUT2D eigenvalue weighted by molar-refractivity contribution is 0.0198. The summed E-state index contributed by atoms with van der Waals surface area (Å²) >= 11 is 0. The van der Waals surface area contributed by atoms with Crippen molar-refractivity contribution in [1.82, 2.24) is 25.0 Å². The van der Waals surface area contributed by atoms with Gasteiger partial charge < -0.3 is 9.64 Å². The maximum atomic E-state index is 11.9. The number of ether oxygens (including phenoxy) is 1. The fourth-order valence-corrected chi connectivity index (χ4v) is 2.78. The van der Waals surface area contributed by atoms with E-state index in [0.717, 1.165) is 31.9 Å². The third-order valence-corrected chi connectivity index (χ3v) is 4.34. The van der Waals surface area contributed by atoms with Gasteiger partial charge in [-0.1, -0.05) is 24.3 Å². The number of nitrogens with one attached hydrogen (secondary N) is 1. The van der Waals surface area contributed by atoms with Crippen molar-refractivity contribution in [2.24, 2.45) is 0 Å². The van der Waals surface area contributed by atoms with Gasteiger partial charge in [-0.2, -0.15) is 5.10 Å². The van der Waals surface area contributed by atoms with Gasteiger partial charge in [-0.05, 0) is 12.5 Å². The molecule has 128 valence electrons. The molecular weight excluding hydrogens is 306 g/mol. The molecule has 1 aliphatic rings. The smallest absolute Gasteiger partial charge is 0.290 e. The monoisotopic (exact) mass is 329 g/mol. The number of H-pyrrole nitrogens is 1. The minimum Gasteiger partial charge on any atom is -0.379 e. The standard InChI is InChI=1S/C17H23N5O2/c1-12(22-8-10-24-11-9-22)13-4-6-14(7-5-13)15-18-16(20-19-15)17(23)21(2)3/h4-7,12H,8-11H2,1-3H3,(H,18,19,20). The predicted octanol–water partition coefficient (Wildman–Crippen LogP) is 1.57. The van der Waals surface area contributed by atoms with Crippen LogP contribution in [0.15, 0.2) is 24.3 Å². The second-order valence-electron chi connectivity index (χ2n) is 6.15. The molecule has 0 radical (unpaired) electrons. The van der Waals surface area contributed by atoms with Crippen molar-refractivity contribution in [3.8, 4) is 11.4 Å². The number of carbonyl (C=O) groups excluding carboxylic acids is 1. The fourth-order valence-electron chi connectivity index (χ4n) is 2.78. The zero-order valence-corrected chi connectivity index (χ0v) is 14.3. The van der Waals surface area contributed by atoms with Gasteiger partial charge in [0.15, 0.2) is 5.82 Å². The van der Waals surface area contributed by atoms with E-state index in [-0.39, 0.29) is 11.7 Å². The molecule has 1 fully saturated rings. The largest absolute Gasteiger partial charge is 0.379 e. The highest BCUT2D eigenvalue weighted by Crippen LogP contribution is 2.24. The Bertz CT molecular complexity index is 689. The molecule has 1 aromatic heterocycles. The lowest BCUT2D eigenvalue weighted by Gasteiger charge is -2.32. The number of benzene rings is 1. The van der Waals surface area contributed by atoms with Gasteiger partial charge in [0, 0.05) is 38.8 Å². The molecule has 1 unspecified atom stereocenters. The Kier molecular flexibility index (Phi) is 4.92. The van der Waals surface area contributed by atoms with Crippen LogP contribution < -0.4 is 0 Å². The SMILES string of the molecule is CC(c1ccc(-c2n[nH]c(C(=O)N(C)C)n2)cc1)N1CCOCC1. The molecule has 1 saturated heterocycles. The van der Waals surface area contributed by atoms with E-state index in [0.29, 0.717) is 11.9 Å². The Morgan fingerprint density at radius 3 is 2.54 bits per heavy atom.